The average Bonchev–Trinajstić information content (AvgIpc) is 3.05. The van der Waals surface area contributed by atoms with Crippen LogP contribution in [-0.4, -0.2) is 17.4 Å². The van der Waals surface area contributed by atoms with Gasteiger partial charge in [-0.05, 0) is 23.6 Å². The predicted octanol–water partition coefficient (Wildman–Crippen LogP) is 2.98. The van der Waals surface area contributed by atoms with E-state index in [1.54, 1.807) is 0 Å². The lowest BCUT2D eigenvalue weighted by molar-refractivity contribution is -0.385. The van der Waals surface area contributed by atoms with Gasteiger partial charge in [0.25, 0.3) is 5.91 Å². The summed E-state index contributed by atoms with van der Waals surface area (Å²) in [5.74, 6) is -0.543. The molecule has 1 heterocycles. The molecule has 7 nitrogen and oxygen atoms in total. The van der Waals surface area contributed by atoms with Gasteiger partial charge in [-0.15, -0.1) is 11.3 Å². The number of hydrogen-bond donors (Lipinski definition) is 2. The molecular weight excluding hydrogens is 342 g/mol. The van der Waals surface area contributed by atoms with E-state index in [1.807, 2.05) is 17.5 Å². The first kappa shape index (κ1) is 16.8. The summed E-state index contributed by atoms with van der Waals surface area (Å²) in [5, 5.41) is 13.0. The summed E-state index contributed by atoms with van der Waals surface area (Å²) in [7, 11) is 0. The van der Waals surface area contributed by atoms with Crippen molar-refractivity contribution in [2.24, 2.45) is 0 Å². The number of halogens is 1. The Balaban J connectivity index is 1.87. The first-order valence-electron chi connectivity index (χ1n) is 6.31. The van der Waals surface area contributed by atoms with Gasteiger partial charge in [-0.1, -0.05) is 24.2 Å². The van der Waals surface area contributed by atoms with Crippen LogP contribution in [0.2, 0.25) is 5.02 Å². The third-order valence-electron chi connectivity index (χ3n) is 2.65. The second kappa shape index (κ2) is 7.61. The molecule has 120 valence electrons. The van der Waals surface area contributed by atoms with Gasteiger partial charge in [0.1, 0.15) is 0 Å². The van der Waals surface area contributed by atoms with Gasteiger partial charge in [-0.25, -0.2) is 0 Å². The number of nitro benzene ring substituents is 1. The van der Waals surface area contributed by atoms with E-state index in [0.29, 0.717) is 5.70 Å². The van der Waals surface area contributed by atoms with E-state index in [0.717, 1.165) is 10.9 Å². The summed E-state index contributed by atoms with van der Waals surface area (Å²) in [5.41, 5.74) is 5.28. The number of benzene rings is 1. The lowest BCUT2D eigenvalue weighted by atomic mass is 10.3. The molecule has 0 saturated carbocycles. The van der Waals surface area contributed by atoms with Crippen LogP contribution in [0.4, 0.5) is 5.69 Å². The normalized spacial score (nSPS) is 9.96. The maximum absolute atomic E-state index is 11.7. The number of nitrogens with zero attached hydrogens (tertiary/aromatic N) is 1. The molecule has 0 aliphatic rings. The minimum Gasteiger partial charge on any atom is -0.477 e. The molecule has 0 aliphatic heterocycles. The third-order valence-corrected chi connectivity index (χ3v) is 3.81. The first-order valence-corrected chi connectivity index (χ1v) is 7.57. The van der Waals surface area contributed by atoms with Crippen LogP contribution in [0.3, 0.4) is 0 Å². The maximum atomic E-state index is 11.7. The monoisotopic (exact) mass is 353 g/mol. The lowest BCUT2D eigenvalue weighted by Crippen LogP contribution is -2.38. The highest BCUT2D eigenvalue weighted by atomic mass is 35.5. The number of rotatable bonds is 7. The van der Waals surface area contributed by atoms with E-state index in [2.05, 4.69) is 17.4 Å². The van der Waals surface area contributed by atoms with Crippen LogP contribution in [0, 0.1) is 10.1 Å². The fourth-order valence-corrected chi connectivity index (χ4v) is 2.41. The summed E-state index contributed by atoms with van der Waals surface area (Å²) in [6.07, 6.45) is 0. The number of carbonyl (C=O) groups excluding carboxylic acids is 1. The Kier molecular flexibility index (Phi) is 5.56. The Labute approximate surface area is 140 Å². The largest absolute Gasteiger partial charge is 0.477 e. The highest BCUT2D eigenvalue weighted by Crippen LogP contribution is 2.29. The first-order chi connectivity index (χ1) is 11.0. The standard InChI is InChI=1S/C14H12ClN3O4S/c1-9(13-3-2-6-23-13)16-17-14(19)8-22-12-5-4-10(15)7-11(12)18(20)21/h2-7,16H,1,8H2,(H,17,19). The molecule has 0 fully saturated rings. The van der Waals surface area contributed by atoms with Crippen molar-refractivity contribution in [3.63, 3.8) is 0 Å². The van der Waals surface area contributed by atoms with Crippen LogP contribution in [0.15, 0.2) is 42.3 Å². The van der Waals surface area contributed by atoms with Gasteiger partial charge < -0.3 is 4.74 Å². The molecule has 0 saturated heterocycles. The van der Waals surface area contributed by atoms with E-state index >= 15 is 0 Å². The zero-order valence-electron chi connectivity index (χ0n) is 11.7. The second-order valence-electron chi connectivity index (χ2n) is 4.29. The molecule has 0 spiro atoms. The fourth-order valence-electron chi connectivity index (χ4n) is 1.59. The Bertz CT molecular complexity index is 734. The molecule has 0 bridgehead atoms. The number of ether oxygens (including phenoxy) is 1. The quantitative estimate of drug-likeness (QED) is 0.589. The Morgan fingerprint density at radius 1 is 1.39 bits per heavy atom. The van der Waals surface area contributed by atoms with Gasteiger partial charge in [0, 0.05) is 11.1 Å². The summed E-state index contributed by atoms with van der Waals surface area (Å²) < 4.78 is 5.16. The molecule has 1 amide bonds. The summed E-state index contributed by atoms with van der Waals surface area (Å²) in [6.45, 7) is 3.38. The molecule has 1 aromatic carbocycles. The van der Waals surface area contributed by atoms with Crippen LogP contribution in [0.5, 0.6) is 5.75 Å². The second-order valence-corrected chi connectivity index (χ2v) is 5.67. The zero-order valence-corrected chi connectivity index (χ0v) is 13.3. The maximum Gasteiger partial charge on any atom is 0.312 e. The van der Waals surface area contributed by atoms with Crippen molar-refractivity contribution in [3.05, 3.63) is 62.3 Å². The molecule has 0 atom stereocenters. The smallest absolute Gasteiger partial charge is 0.312 e. The summed E-state index contributed by atoms with van der Waals surface area (Å²) >= 11 is 7.17. The number of hydrogen-bond acceptors (Lipinski definition) is 6. The van der Waals surface area contributed by atoms with E-state index in [9.17, 15) is 14.9 Å². The Morgan fingerprint density at radius 2 is 2.17 bits per heavy atom. The van der Waals surface area contributed by atoms with E-state index in [4.69, 9.17) is 16.3 Å². The lowest BCUT2D eigenvalue weighted by Gasteiger charge is -2.10. The number of hydrazine groups is 1. The van der Waals surface area contributed by atoms with Gasteiger partial charge in [0.05, 0.1) is 15.5 Å². The fraction of sp³-hybridized carbons (Fsp3) is 0.0714. The van der Waals surface area contributed by atoms with Crippen LogP contribution >= 0.6 is 22.9 Å². The molecule has 2 rings (SSSR count). The van der Waals surface area contributed by atoms with Crippen LogP contribution < -0.4 is 15.6 Å². The number of nitro groups is 1. The van der Waals surface area contributed by atoms with Gasteiger partial charge >= 0.3 is 5.69 Å². The van der Waals surface area contributed by atoms with E-state index in [-0.39, 0.29) is 16.5 Å². The van der Waals surface area contributed by atoms with Crippen molar-refractivity contribution in [3.8, 4) is 5.75 Å². The topological polar surface area (TPSA) is 93.5 Å². The molecular formula is C14H12ClN3O4S. The van der Waals surface area contributed by atoms with Gasteiger partial charge in [0.2, 0.25) is 0 Å². The molecule has 1 aromatic heterocycles. The average molecular weight is 354 g/mol. The van der Waals surface area contributed by atoms with Crippen molar-refractivity contribution < 1.29 is 14.5 Å². The molecule has 2 aromatic rings. The predicted molar refractivity (Wildman–Crippen MR) is 88.2 cm³/mol. The van der Waals surface area contributed by atoms with Gasteiger partial charge in [-0.2, -0.15) is 0 Å². The summed E-state index contributed by atoms with van der Waals surface area (Å²) in [6, 6.07) is 7.65. The molecule has 0 radical (unpaired) electrons. The van der Waals surface area contributed by atoms with Crippen molar-refractivity contribution in [1.29, 1.82) is 0 Å². The number of carbonyl (C=O) groups is 1. The van der Waals surface area contributed by atoms with Crippen LogP contribution in [-0.2, 0) is 4.79 Å². The highest BCUT2D eigenvalue weighted by Gasteiger charge is 2.16. The minimum atomic E-state index is -0.629. The minimum absolute atomic E-state index is 0.0355. The Morgan fingerprint density at radius 3 is 2.83 bits per heavy atom. The van der Waals surface area contributed by atoms with Crippen LogP contribution in [0.25, 0.3) is 5.70 Å². The molecule has 9 heteroatoms. The summed E-state index contributed by atoms with van der Waals surface area (Å²) in [4.78, 5) is 22.9. The van der Waals surface area contributed by atoms with Gasteiger partial charge in [0.15, 0.2) is 12.4 Å². The van der Waals surface area contributed by atoms with Crippen LogP contribution in [0.1, 0.15) is 4.88 Å². The molecule has 0 unspecified atom stereocenters. The number of amides is 1. The van der Waals surface area contributed by atoms with E-state index < -0.39 is 17.4 Å². The van der Waals surface area contributed by atoms with Crippen molar-refractivity contribution in [2.45, 2.75) is 0 Å². The molecule has 2 N–H and O–H groups in total. The SMILES string of the molecule is C=C(NNC(=O)COc1ccc(Cl)cc1[N+](=O)[O-])c1cccs1. The number of nitrogens with one attached hydrogen (secondary N) is 2. The van der Waals surface area contributed by atoms with Crippen molar-refractivity contribution in [1.82, 2.24) is 10.9 Å². The van der Waals surface area contributed by atoms with E-state index in [1.165, 1.54) is 23.5 Å². The van der Waals surface area contributed by atoms with Gasteiger partial charge in [-0.3, -0.25) is 25.8 Å². The molecule has 0 aliphatic carbocycles. The highest BCUT2D eigenvalue weighted by molar-refractivity contribution is 7.11. The third kappa shape index (κ3) is 4.70. The molecule has 23 heavy (non-hydrogen) atoms. The van der Waals surface area contributed by atoms with Crippen molar-refractivity contribution in [2.75, 3.05) is 6.61 Å². The van der Waals surface area contributed by atoms with Crippen molar-refractivity contribution >= 4 is 40.2 Å². The Hall–Kier alpha value is -2.58. The number of thiophene rings is 1. The zero-order chi connectivity index (χ0) is 16.8.